The smallest absolute Gasteiger partial charge is 0.124 e. The maximum Gasteiger partial charge on any atom is 0.124 e. The molecule has 0 N–H and O–H groups in total. The lowest BCUT2D eigenvalue weighted by Crippen LogP contribution is -2.15. The molecule has 0 bridgehead atoms. The van der Waals surface area contributed by atoms with Crippen LogP contribution in [0, 0.1) is 6.92 Å². The van der Waals surface area contributed by atoms with Crippen LogP contribution in [-0.2, 0) is 11.2 Å². The molecule has 2 aromatic carbocycles. The quantitative estimate of drug-likeness (QED) is 0.833. The Morgan fingerprint density at radius 1 is 1.19 bits per heavy atom. The molecule has 2 nitrogen and oxygen atoms in total. The number of hydrogen-bond acceptors (Lipinski definition) is 2. The van der Waals surface area contributed by atoms with Crippen molar-refractivity contribution >= 4 is 11.6 Å². The van der Waals surface area contributed by atoms with Gasteiger partial charge in [0.25, 0.3) is 0 Å². The van der Waals surface area contributed by atoms with Gasteiger partial charge in [-0.3, -0.25) is 0 Å². The second-order valence-electron chi connectivity index (χ2n) is 5.52. The Balaban J connectivity index is 1.67. The SMILES string of the molecule is Cc1ccc(Cl)c(Cc2ccc(O[C@@H]3CCOC3)cc2)c1. The minimum Gasteiger partial charge on any atom is -0.488 e. The molecular formula is C18H19ClO2. The highest BCUT2D eigenvalue weighted by Gasteiger charge is 2.16. The van der Waals surface area contributed by atoms with Crippen LogP contribution in [0.25, 0.3) is 0 Å². The zero-order valence-corrected chi connectivity index (χ0v) is 12.9. The number of ether oxygens (including phenoxy) is 2. The summed E-state index contributed by atoms with van der Waals surface area (Å²) in [5.41, 5.74) is 3.63. The Bertz CT molecular complexity index is 601. The number of rotatable bonds is 4. The van der Waals surface area contributed by atoms with Crippen LogP contribution in [0.4, 0.5) is 0 Å². The van der Waals surface area contributed by atoms with Crippen LogP contribution < -0.4 is 4.74 Å². The van der Waals surface area contributed by atoms with Crippen LogP contribution in [0.5, 0.6) is 5.75 Å². The standard InChI is InChI=1S/C18H19ClO2/c1-13-2-7-18(19)15(10-13)11-14-3-5-16(6-4-14)21-17-8-9-20-12-17/h2-7,10,17H,8-9,11-12H2,1H3/t17-/m1/s1. The Labute approximate surface area is 130 Å². The Morgan fingerprint density at radius 2 is 2.00 bits per heavy atom. The zero-order valence-electron chi connectivity index (χ0n) is 12.1. The van der Waals surface area contributed by atoms with Crippen molar-refractivity contribution in [1.29, 1.82) is 0 Å². The highest BCUT2D eigenvalue weighted by molar-refractivity contribution is 6.31. The van der Waals surface area contributed by atoms with Crippen LogP contribution in [0.3, 0.4) is 0 Å². The molecule has 1 fully saturated rings. The average Bonchev–Trinajstić information content (AvgIpc) is 2.98. The molecule has 1 aliphatic rings. The largest absolute Gasteiger partial charge is 0.488 e. The van der Waals surface area contributed by atoms with E-state index in [2.05, 4.69) is 25.1 Å². The predicted octanol–water partition coefficient (Wildman–Crippen LogP) is 4.41. The Kier molecular flexibility index (Phi) is 4.47. The highest BCUT2D eigenvalue weighted by atomic mass is 35.5. The third-order valence-corrected chi connectivity index (χ3v) is 4.08. The van der Waals surface area contributed by atoms with E-state index in [-0.39, 0.29) is 6.10 Å². The van der Waals surface area contributed by atoms with Gasteiger partial charge in [-0.1, -0.05) is 41.4 Å². The van der Waals surface area contributed by atoms with Gasteiger partial charge in [0, 0.05) is 11.4 Å². The van der Waals surface area contributed by atoms with E-state index in [1.807, 2.05) is 24.3 Å². The molecule has 0 radical (unpaired) electrons. The number of benzene rings is 2. The number of halogens is 1. The van der Waals surface area contributed by atoms with Gasteiger partial charge in [0.05, 0.1) is 13.2 Å². The molecule has 1 atom stereocenters. The summed E-state index contributed by atoms with van der Waals surface area (Å²) < 4.78 is 11.2. The van der Waals surface area contributed by atoms with Gasteiger partial charge in [-0.2, -0.15) is 0 Å². The minimum absolute atomic E-state index is 0.196. The van der Waals surface area contributed by atoms with E-state index < -0.39 is 0 Å². The Morgan fingerprint density at radius 3 is 2.71 bits per heavy atom. The topological polar surface area (TPSA) is 18.5 Å². The maximum absolute atomic E-state index is 6.25. The van der Waals surface area contributed by atoms with Gasteiger partial charge >= 0.3 is 0 Å². The normalized spacial score (nSPS) is 17.9. The van der Waals surface area contributed by atoms with Crippen molar-refractivity contribution in [3.8, 4) is 5.75 Å². The van der Waals surface area contributed by atoms with Crippen LogP contribution in [0.15, 0.2) is 42.5 Å². The lowest BCUT2D eigenvalue weighted by atomic mass is 10.0. The zero-order chi connectivity index (χ0) is 14.7. The van der Waals surface area contributed by atoms with Gasteiger partial charge in [0.2, 0.25) is 0 Å². The van der Waals surface area contributed by atoms with Crippen molar-refractivity contribution in [1.82, 2.24) is 0 Å². The first-order valence-electron chi connectivity index (χ1n) is 7.29. The van der Waals surface area contributed by atoms with E-state index in [4.69, 9.17) is 21.1 Å². The predicted molar refractivity (Wildman–Crippen MR) is 85.3 cm³/mol. The molecule has 2 aromatic rings. The fourth-order valence-corrected chi connectivity index (χ4v) is 2.73. The molecular weight excluding hydrogens is 284 g/mol. The molecule has 1 aliphatic heterocycles. The first kappa shape index (κ1) is 14.4. The van der Waals surface area contributed by atoms with E-state index in [0.29, 0.717) is 6.61 Å². The molecule has 0 aromatic heterocycles. The van der Waals surface area contributed by atoms with Gasteiger partial charge in [-0.05, 0) is 42.7 Å². The molecule has 0 unspecified atom stereocenters. The van der Waals surface area contributed by atoms with Crippen molar-refractivity contribution in [2.45, 2.75) is 25.9 Å². The molecule has 3 rings (SSSR count). The minimum atomic E-state index is 0.196. The monoisotopic (exact) mass is 302 g/mol. The maximum atomic E-state index is 6.25. The molecule has 21 heavy (non-hydrogen) atoms. The van der Waals surface area contributed by atoms with Crippen molar-refractivity contribution in [2.24, 2.45) is 0 Å². The summed E-state index contributed by atoms with van der Waals surface area (Å²) in [7, 11) is 0. The van der Waals surface area contributed by atoms with Gasteiger partial charge in [0.15, 0.2) is 0 Å². The van der Waals surface area contributed by atoms with Gasteiger partial charge in [-0.25, -0.2) is 0 Å². The highest BCUT2D eigenvalue weighted by Crippen LogP contribution is 2.23. The van der Waals surface area contributed by atoms with Crippen molar-refractivity contribution in [3.63, 3.8) is 0 Å². The second-order valence-corrected chi connectivity index (χ2v) is 5.93. The number of aryl methyl sites for hydroxylation is 1. The first-order valence-corrected chi connectivity index (χ1v) is 7.67. The molecule has 0 saturated carbocycles. The molecule has 0 aliphatic carbocycles. The molecule has 3 heteroatoms. The average molecular weight is 303 g/mol. The van der Waals surface area contributed by atoms with E-state index in [1.165, 1.54) is 11.1 Å². The fraction of sp³-hybridized carbons (Fsp3) is 0.333. The summed E-state index contributed by atoms with van der Waals surface area (Å²) in [5.74, 6) is 0.907. The van der Waals surface area contributed by atoms with Gasteiger partial charge in [0.1, 0.15) is 11.9 Å². The summed E-state index contributed by atoms with van der Waals surface area (Å²) >= 11 is 6.25. The van der Waals surface area contributed by atoms with Crippen molar-refractivity contribution in [2.75, 3.05) is 13.2 Å². The van der Waals surface area contributed by atoms with E-state index in [0.717, 1.165) is 35.8 Å². The Hall–Kier alpha value is -1.51. The van der Waals surface area contributed by atoms with E-state index in [9.17, 15) is 0 Å². The lowest BCUT2D eigenvalue weighted by molar-refractivity contribution is 0.141. The van der Waals surface area contributed by atoms with Gasteiger partial charge in [-0.15, -0.1) is 0 Å². The lowest BCUT2D eigenvalue weighted by Gasteiger charge is -2.12. The molecule has 1 heterocycles. The van der Waals surface area contributed by atoms with Crippen LogP contribution in [0.1, 0.15) is 23.1 Å². The van der Waals surface area contributed by atoms with Crippen molar-refractivity contribution < 1.29 is 9.47 Å². The summed E-state index contributed by atoms with van der Waals surface area (Å²) in [4.78, 5) is 0. The van der Waals surface area contributed by atoms with Crippen molar-refractivity contribution in [3.05, 3.63) is 64.2 Å². The summed E-state index contributed by atoms with van der Waals surface area (Å²) in [5, 5.41) is 0.823. The summed E-state index contributed by atoms with van der Waals surface area (Å²) in [6, 6.07) is 14.4. The van der Waals surface area contributed by atoms with Crippen LogP contribution in [0.2, 0.25) is 5.02 Å². The summed E-state index contributed by atoms with van der Waals surface area (Å²) in [6.07, 6.45) is 2.01. The molecule has 1 saturated heterocycles. The molecule has 110 valence electrons. The summed E-state index contributed by atoms with van der Waals surface area (Å²) in [6.45, 7) is 3.58. The van der Waals surface area contributed by atoms with E-state index >= 15 is 0 Å². The van der Waals surface area contributed by atoms with E-state index in [1.54, 1.807) is 0 Å². The fourth-order valence-electron chi connectivity index (χ4n) is 2.54. The first-order chi connectivity index (χ1) is 10.2. The van der Waals surface area contributed by atoms with Gasteiger partial charge < -0.3 is 9.47 Å². The second kappa shape index (κ2) is 6.50. The molecule has 0 amide bonds. The molecule has 0 spiro atoms. The number of hydrogen-bond donors (Lipinski definition) is 0. The van der Waals surface area contributed by atoms with Crippen LogP contribution >= 0.6 is 11.6 Å². The third-order valence-electron chi connectivity index (χ3n) is 3.71. The van der Waals surface area contributed by atoms with Crippen LogP contribution in [-0.4, -0.2) is 19.3 Å². The third kappa shape index (κ3) is 3.78.